The van der Waals surface area contributed by atoms with Gasteiger partial charge < -0.3 is 4.98 Å². The van der Waals surface area contributed by atoms with Gasteiger partial charge in [-0.1, -0.05) is 0 Å². The number of nitrogens with one attached hydrogen (secondary N) is 1. The van der Waals surface area contributed by atoms with Crippen LogP contribution >= 0.6 is 0 Å². The number of nitrogens with zero attached hydrogens (tertiary/aromatic N) is 2. The molecule has 3 heterocycles. The molecule has 1 atom stereocenters. The van der Waals surface area contributed by atoms with Crippen LogP contribution in [0.3, 0.4) is 0 Å². The topological polar surface area (TPSA) is 84.8 Å². The van der Waals surface area contributed by atoms with Gasteiger partial charge in [0.2, 0.25) is 0 Å². The van der Waals surface area contributed by atoms with Crippen molar-refractivity contribution in [2.45, 2.75) is 26.3 Å². The van der Waals surface area contributed by atoms with Crippen molar-refractivity contribution in [1.82, 2.24) is 14.5 Å². The van der Waals surface area contributed by atoms with Gasteiger partial charge in [0.15, 0.2) is 9.84 Å². The first kappa shape index (κ1) is 12.4. The lowest BCUT2D eigenvalue weighted by Gasteiger charge is -2.14. The highest BCUT2D eigenvalue weighted by Crippen LogP contribution is 2.23. The van der Waals surface area contributed by atoms with Gasteiger partial charge in [-0.2, -0.15) is 0 Å². The number of hydrogen-bond donors (Lipinski definition) is 1. The molecule has 0 amide bonds. The number of fused-ring (bicyclic) bond motifs is 1. The average Bonchev–Trinajstić information content (AvgIpc) is 2.81. The molecule has 3 rings (SSSR count). The van der Waals surface area contributed by atoms with Crippen LogP contribution in [0.25, 0.3) is 11.0 Å². The van der Waals surface area contributed by atoms with Gasteiger partial charge in [0.1, 0.15) is 11.5 Å². The molecule has 6 nitrogen and oxygen atoms in total. The van der Waals surface area contributed by atoms with Gasteiger partial charge in [0.05, 0.1) is 22.9 Å². The molecule has 1 unspecified atom stereocenters. The van der Waals surface area contributed by atoms with Crippen molar-refractivity contribution in [3.63, 3.8) is 0 Å². The van der Waals surface area contributed by atoms with E-state index in [1.165, 1.54) is 4.57 Å². The van der Waals surface area contributed by atoms with Gasteiger partial charge in [-0.15, -0.1) is 0 Å². The molecule has 2 aromatic rings. The van der Waals surface area contributed by atoms with Crippen LogP contribution in [-0.2, 0) is 9.84 Å². The minimum absolute atomic E-state index is 0.0321. The van der Waals surface area contributed by atoms with E-state index in [-0.39, 0.29) is 23.1 Å². The van der Waals surface area contributed by atoms with Gasteiger partial charge in [-0.25, -0.2) is 13.4 Å². The molecule has 1 N–H and O–H groups in total. The van der Waals surface area contributed by atoms with Crippen molar-refractivity contribution in [2.24, 2.45) is 0 Å². The van der Waals surface area contributed by atoms with Gasteiger partial charge in [0.25, 0.3) is 5.56 Å². The number of aryl methyl sites for hydroxylation is 2. The fourth-order valence-corrected chi connectivity index (χ4v) is 4.43. The van der Waals surface area contributed by atoms with Crippen molar-refractivity contribution < 1.29 is 8.42 Å². The number of rotatable bonds is 1. The van der Waals surface area contributed by atoms with E-state index >= 15 is 0 Å². The summed E-state index contributed by atoms with van der Waals surface area (Å²) in [4.78, 5) is 19.9. The van der Waals surface area contributed by atoms with E-state index in [0.29, 0.717) is 23.3 Å². The summed E-state index contributed by atoms with van der Waals surface area (Å²) < 4.78 is 24.7. The normalized spacial score (nSPS) is 22.1. The van der Waals surface area contributed by atoms with E-state index in [0.717, 1.165) is 5.69 Å². The molecule has 7 heteroatoms. The van der Waals surface area contributed by atoms with E-state index in [2.05, 4.69) is 9.97 Å². The highest BCUT2D eigenvalue weighted by molar-refractivity contribution is 7.91. The summed E-state index contributed by atoms with van der Waals surface area (Å²) in [5.41, 5.74) is 1.28. The molecule has 0 aliphatic carbocycles. The minimum Gasteiger partial charge on any atom is -0.343 e. The van der Waals surface area contributed by atoms with E-state index in [1.807, 2.05) is 6.92 Å². The van der Waals surface area contributed by atoms with Crippen LogP contribution in [0.5, 0.6) is 0 Å². The Morgan fingerprint density at radius 3 is 2.79 bits per heavy atom. The zero-order valence-corrected chi connectivity index (χ0v) is 11.6. The highest BCUT2D eigenvalue weighted by atomic mass is 32.2. The Balaban J connectivity index is 2.21. The Morgan fingerprint density at radius 1 is 1.42 bits per heavy atom. The Morgan fingerprint density at radius 2 is 2.16 bits per heavy atom. The zero-order valence-electron chi connectivity index (χ0n) is 10.8. The van der Waals surface area contributed by atoms with Crippen LogP contribution in [0.15, 0.2) is 10.9 Å². The van der Waals surface area contributed by atoms with Crippen LogP contribution < -0.4 is 5.56 Å². The number of aromatic nitrogens is 3. The predicted octanol–water partition coefficient (Wildman–Crippen LogP) is 0.701. The summed E-state index contributed by atoms with van der Waals surface area (Å²) in [7, 11) is -3.02. The maximum absolute atomic E-state index is 12.5. The SMILES string of the molecule is Cc1cc2c(=O)n(C3CCS(=O)(=O)C3)c(C)nc2[nH]1. The summed E-state index contributed by atoms with van der Waals surface area (Å²) >= 11 is 0. The number of aromatic amines is 1. The Bertz CT molecular complexity index is 817. The molecule has 19 heavy (non-hydrogen) atoms. The Hall–Kier alpha value is -1.63. The molecule has 0 radical (unpaired) electrons. The third-order valence-electron chi connectivity index (χ3n) is 3.58. The molecule has 0 spiro atoms. The molecular weight excluding hydrogens is 266 g/mol. The highest BCUT2D eigenvalue weighted by Gasteiger charge is 2.31. The van der Waals surface area contributed by atoms with Gasteiger partial charge >= 0.3 is 0 Å². The third-order valence-corrected chi connectivity index (χ3v) is 5.33. The second-order valence-electron chi connectivity index (χ2n) is 5.11. The number of H-pyrrole nitrogens is 1. The maximum Gasteiger partial charge on any atom is 0.263 e. The predicted molar refractivity (Wildman–Crippen MR) is 72.1 cm³/mol. The van der Waals surface area contributed by atoms with Crippen molar-refractivity contribution in [3.05, 3.63) is 27.9 Å². The van der Waals surface area contributed by atoms with E-state index < -0.39 is 9.84 Å². The zero-order chi connectivity index (χ0) is 13.8. The summed E-state index contributed by atoms with van der Waals surface area (Å²) in [6, 6.07) is 1.47. The molecule has 102 valence electrons. The average molecular weight is 281 g/mol. The fraction of sp³-hybridized carbons (Fsp3) is 0.500. The maximum atomic E-state index is 12.5. The van der Waals surface area contributed by atoms with Crippen molar-refractivity contribution in [2.75, 3.05) is 11.5 Å². The van der Waals surface area contributed by atoms with Gasteiger partial charge in [0, 0.05) is 5.69 Å². The second kappa shape index (κ2) is 3.93. The molecule has 0 bridgehead atoms. The van der Waals surface area contributed by atoms with Crippen molar-refractivity contribution in [3.8, 4) is 0 Å². The minimum atomic E-state index is -3.02. The lowest BCUT2D eigenvalue weighted by Crippen LogP contribution is -2.28. The Kier molecular flexibility index (Phi) is 2.57. The molecule has 1 fully saturated rings. The summed E-state index contributed by atoms with van der Waals surface area (Å²) in [5, 5.41) is 0.521. The van der Waals surface area contributed by atoms with E-state index in [9.17, 15) is 13.2 Å². The molecular formula is C12H15N3O3S. The lowest BCUT2D eigenvalue weighted by molar-refractivity contribution is 0.519. The smallest absolute Gasteiger partial charge is 0.263 e. The van der Waals surface area contributed by atoms with Crippen LogP contribution in [0.1, 0.15) is 24.0 Å². The quantitative estimate of drug-likeness (QED) is 0.834. The van der Waals surface area contributed by atoms with Crippen molar-refractivity contribution >= 4 is 20.9 Å². The van der Waals surface area contributed by atoms with Crippen LogP contribution in [0, 0.1) is 13.8 Å². The third kappa shape index (κ3) is 1.98. The van der Waals surface area contributed by atoms with E-state index in [4.69, 9.17) is 0 Å². The molecule has 1 aliphatic rings. The lowest BCUT2D eigenvalue weighted by atomic mass is 10.2. The summed E-state index contributed by atoms with van der Waals surface area (Å²) in [6.45, 7) is 3.60. The van der Waals surface area contributed by atoms with E-state index in [1.54, 1.807) is 13.0 Å². The molecule has 0 saturated carbocycles. The van der Waals surface area contributed by atoms with Crippen molar-refractivity contribution in [1.29, 1.82) is 0 Å². The number of hydrogen-bond acceptors (Lipinski definition) is 4. The van der Waals surface area contributed by atoms with Crippen LogP contribution in [0.4, 0.5) is 0 Å². The first-order valence-electron chi connectivity index (χ1n) is 6.16. The monoisotopic (exact) mass is 281 g/mol. The molecule has 0 aromatic carbocycles. The van der Waals surface area contributed by atoms with Crippen LogP contribution in [0.2, 0.25) is 0 Å². The first-order chi connectivity index (χ1) is 8.87. The number of sulfone groups is 1. The largest absolute Gasteiger partial charge is 0.343 e. The van der Waals surface area contributed by atoms with Gasteiger partial charge in [-0.05, 0) is 26.3 Å². The Labute approximate surface area is 110 Å². The molecule has 2 aromatic heterocycles. The summed E-state index contributed by atoms with van der Waals surface area (Å²) in [6.07, 6.45) is 0.486. The standard InChI is InChI=1S/C12H15N3O3S/c1-7-5-10-11(13-7)14-8(2)15(12(10)16)9-3-4-19(17,18)6-9/h5,9,13H,3-4,6H2,1-2H3. The van der Waals surface area contributed by atoms with Gasteiger partial charge in [-0.3, -0.25) is 9.36 Å². The van der Waals surface area contributed by atoms with Crippen LogP contribution in [-0.4, -0.2) is 34.5 Å². The second-order valence-corrected chi connectivity index (χ2v) is 7.33. The summed E-state index contributed by atoms with van der Waals surface area (Å²) in [5.74, 6) is 0.736. The molecule has 1 aliphatic heterocycles. The fourth-order valence-electron chi connectivity index (χ4n) is 2.73. The first-order valence-corrected chi connectivity index (χ1v) is 7.98. The molecule has 1 saturated heterocycles.